The van der Waals surface area contributed by atoms with Crippen molar-refractivity contribution < 1.29 is 9.59 Å². The molecule has 7 heteroatoms. The second kappa shape index (κ2) is 9.06. The molecule has 25 heavy (non-hydrogen) atoms. The number of urea groups is 1. The van der Waals surface area contributed by atoms with Gasteiger partial charge in [0.1, 0.15) is 0 Å². The first-order chi connectivity index (χ1) is 11.6. The van der Waals surface area contributed by atoms with Crippen molar-refractivity contribution in [1.29, 1.82) is 0 Å². The van der Waals surface area contributed by atoms with E-state index in [1.165, 1.54) is 11.1 Å². The van der Waals surface area contributed by atoms with Crippen molar-refractivity contribution in [2.75, 3.05) is 32.7 Å². The van der Waals surface area contributed by atoms with E-state index in [1.807, 2.05) is 28.9 Å². The van der Waals surface area contributed by atoms with E-state index in [0.717, 1.165) is 32.6 Å². The lowest BCUT2D eigenvalue weighted by Gasteiger charge is -2.34. The highest BCUT2D eigenvalue weighted by molar-refractivity contribution is 5.85. The number of nitrogens with one attached hydrogen (secondary N) is 2. The topological polar surface area (TPSA) is 64.7 Å². The molecule has 0 bridgehead atoms. The van der Waals surface area contributed by atoms with Gasteiger partial charge in [0.25, 0.3) is 0 Å². The Bertz CT molecular complexity index is 610. The molecule has 1 saturated heterocycles. The van der Waals surface area contributed by atoms with Crippen LogP contribution in [0, 0.1) is 0 Å². The molecular formula is C18H27ClN4O2. The number of fused-ring (bicyclic) bond motifs is 1. The Morgan fingerprint density at radius 3 is 2.76 bits per heavy atom. The third kappa shape index (κ3) is 4.86. The fraction of sp³-hybridized carbons (Fsp3) is 0.556. The van der Waals surface area contributed by atoms with Crippen LogP contribution >= 0.6 is 12.4 Å². The van der Waals surface area contributed by atoms with Crippen LogP contribution in [0.2, 0.25) is 0 Å². The van der Waals surface area contributed by atoms with Gasteiger partial charge >= 0.3 is 6.03 Å². The molecule has 0 spiro atoms. The minimum absolute atomic E-state index is 0. The lowest BCUT2D eigenvalue weighted by atomic mass is 10.0. The lowest BCUT2D eigenvalue weighted by molar-refractivity contribution is -0.133. The summed E-state index contributed by atoms with van der Waals surface area (Å²) in [6, 6.07) is 8.39. The average molecular weight is 367 g/mol. The number of rotatable bonds is 3. The fourth-order valence-electron chi connectivity index (χ4n) is 3.41. The zero-order valence-corrected chi connectivity index (χ0v) is 15.5. The number of halogens is 1. The molecule has 0 radical (unpaired) electrons. The molecule has 2 N–H and O–H groups in total. The smallest absolute Gasteiger partial charge is 0.317 e. The third-order valence-corrected chi connectivity index (χ3v) is 4.85. The van der Waals surface area contributed by atoms with Crippen molar-refractivity contribution in [3.8, 4) is 0 Å². The Hall–Kier alpha value is -1.79. The third-order valence-electron chi connectivity index (χ3n) is 4.85. The minimum Gasteiger partial charge on any atom is -0.337 e. The molecule has 6 nitrogen and oxygen atoms in total. The lowest BCUT2D eigenvalue weighted by Crippen LogP contribution is -2.52. The molecule has 2 aliphatic heterocycles. The van der Waals surface area contributed by atoms with Crippen LogP contribution in [0.1, 0.15) is 24.5 Å². The molecule has 0 saturated carbocycles. The van der Waals surface area contributed by atoms with Crippen molar-refractivity contribution in [3.05, 3.63) is 35.4 Å². The van der Waals surface area contributed by atoms with Gasteiger partial charge in [0.2, 0.25) is 5.91 Å². The second-order valence-corrected chi connectivity index (χ2v) is 6.56. The van der Waals surface area contributed by atoms with E-state index in [9.17, 15) is 9.59 Å². The number of carbonyl (C=O) groups excluding carboxylic acids is 2. The largest absolute Gasteiger partial charge is 0.337 e. The molecular weight excluding hydrogens is 340 g/mol. The Morgan fingerprint density at radius 1 is 1.24 bits per heavy atom. The number of hydrogen-bond donors (Lipinski definition) is 2. The molecule has 2 heterocycles. The first-order valence-electron chi connectivity index (χ1n) is 8.75. The van der Waals surface area contributed by atoms with Crippen LogP contribution in [0.4, 0.5) is 4.79 Å². The van der Waals surface area contributed by atoms with E-state index in [1.54, 1.807) is 0 Å². The molecule has 0 aromatic heterocycles. The number of nitrogens with zero attached hydrogens (tertiary/aromatic N) is 2. The Kier molecular flexibility index (Phi) is 7.08. The maximum atomic E-state index is 12.3. The molecule has 1 aromatic carbocycles. The number of amides is 3. The van der Waals surface area contributed by atoms with Crippen LogP contribution in [0.3, 0.4) is 0 Å². The summed E-state index contributed by atoms with van der Waals surface area (Å²) in [5.41, 5.74) is 2.54. The van der Waals surface area contributed by atoms with Crippen LogP contribution in [-0.4, -0.2) is 60.5 Å². The van der Waals surface area contributed by atoms with Gasteiger partial charge in [-0.05, 0) is 24.5 Å². The molecule has 1 atom stereocenters. The summed E-state index contributed by atoms with van der Waals surface area (Å²) in [5, 5.41) is 6.17. The fourth-order valence-corrected chi connectivity index (χ4v) is 3.41. The zero-order chi connectivity index (χ0) is 16.9. The van der Waals surface area contributed by atoms with Gasteiger partial charge in [-0.15, -0.1) is 12.4 Å². The Morgan fingerprint density at radius 2 is 2.00 bits per heavy atom. The van der Waals surface area contributed by atoms with Gasteiger partial charge in [-0.3, -0.25) is 4.79 Å². The van der Waals surface area contributed by atoms with Crippen molar-refractivity contribution in [2.45, 2.75) is 32.4 Å². The maximum Gasteiger partial charge on any atom is 0.317 e. The summed E-state index contributed by atoms with van der Waals surface area (Å²) in [4.78, 5) is 28.3. The van der Waals surface area contributed by atoms with Crippen LogP contribution in [-0.2, 0) is 17.8 Å². The quantitative estimate of drug-likeness (QED) is 0.849. The standard InChI is InChI=1S/C18H26N4O2.ClH/c1-14-12-19-9-11-22(14)17(23)6-8-20-18(24)21-10-7-15-4-2-3-5-16(15)13-21;/h2-5,14,19H,6-13H2,1H3,(H,20,24);1H. The number of hydrogen-bond acceptors (Lipinski definition) is 3. The SMILES string of the molecule is CC1CNCCN1C(=O)CCNC(=O)N1CCc2ccccc2C1.Cl. The van der Waals surface area contributed by atoms with Gasteiger partial charge in [-0.1, -0.05) is 24.3 Å². The first kappa shape index (κ1) is 19.5. The van der Waals surface area contributed by atoms with E-state index >= 15 is 0 Å². The van der Waals surface area contributed by atoms with Crippen LogP contribution in [0.15, 0.2) is 24.3 Å². The first-order valence-corrected chi connectivity index (χ1v) is 8.75. The molecule has 3 amide bonds. The van der Waals surface area contributed by atoms with Crippen LogP contribution < -0.4 is 10.6 Å². The minimum atomic E-state index is -0.0781. The van der Waals surface area contributed by atoms with E-state index < -0.39 is 0 Å². The van der Waals surface area contributed by atoms with Gasteiger partial charge in [0.15, 0.2) is 0 Å². The molecule has 0 aliphatic carbocycles. The summed E-state index contributed by atoms with van der Waals surface area (Å²) >= 11 is 0. The highest BCUT2D eigenvalue weighted by Crippen LogP contribution is 2.18. The van der Waals surface area contributed by atoms with Crippen molar-refractivity contribution in [3.63, 3.8) is 0 Å². The van der Waals surface area contributed by atoms with Gasteiger partial charge in [0, 0.05) is 51.7 Å². The molecule has 2 aliphatic rings. The summed E-state index contributed by atoms with van der Waals surface area (Å²) < 4.78 is 0. The number of piperazine rings is 1. The van der Waals surface area contributed by atoms with E-state index in [-0.39, 0.29) is 30.4 Å². The van der Waals surface area contributed by atoms with Gasteiger partial charge in [-0.25, -0.2) is 4.79 Å². The molecule has 3 rings (SSSR count). The highest BCUT2D eigenvalue weighted by Gasteiger charge is 2.23. The van der Waals surface area contributed by atoms with Gasteiger partial charge in [-0.2, -0.15) is 0 Å². The zero-order valence-electron chi connectivity index (χ0n) is 14.7. The normalized spacial score (nSPS) is 19.6. The second-order valence-electron chi connectivity index (χ2n) is 6.56. The van der Waals surface area contributed by atoms with Crippen molar-refractivity contribution in [1.82, 2.24) is 20.4 Å². The Balaban J connectivity index is 0.00000225. The predicted molar refractivity (Wildman–Crippen MR) is 99.9 cm³/mol. The summed E-state index contributed by atoms with van der Waals surface area (Å²) in [5.74, 6) is 0.119. The highest BCUT2D eigenvalue weighted by atomic mass is 35.5. The Labute approximate surface area is 155 Å². The summed E-state index contributed by atoms with van der Waals surface area (Å²) in [7, 11) is 0. The van der Waals surface area contributed by atoms with E-state index in [0.29, 0.717) is 19.5 Å². The van der Waals surface area contributed by atoms with Gasteiger partial charge < -0.3 is 20.4 Å². The van der Waals surface area contributed by atoms with E-state index in [4.69, 9.17) is 0 Å². The molecule has 1 aromatic rings. The average Bonchev–Trinajstić information content (AvgIpc) is 2.61. The maximum absolute atomic E-state index is 12.3. The van der Waals surface area contributed by atoms with Crippen molar-refractivity contribution in [2.24, 2.45) is 0 Å². The molecule has 1 fully saturated rings. The van der Waals surface area contributed by atoms with Crippen LogP contribution in [0.5, 0.6) is 0 Å². The molecule has 138 valence electrons. The predicted octanol–water partition coefficient (Wildman–Crippen LogP) is 1.39. The number of benzene rings is 1. The summed E-state index contributed by atoms with van der Waals surface area (Å²) in [6.07, 6.45) is 1.25. The van der Waals surface area contributed by atoms with Crippen LogP contribution in [0.25, 0.3) is 0 Å². The monoisotopic (exact) mass is 366 g/mol. The van der Waals surface area contributed by atoms with Gasteiger partial charge in [0.05, 0.1) is 0 Å². The molecule has 1 unspecified atom stereocenters. The van der Waals surface area contributed by atoms with E-state index in [2.05, 4.69) is 22.8 Å². The summed E-state index contributed by atoms with van der Waals surface area (Å²) in [6.45, 7) is 6.24. The number of carbonyl (C=O) groups is 2. The van der Waals surface area contributed by atoms with Crippen molar-refractivity contribution >= 4 is 24.3 Å².